The Morgan fingerprint density at radius 1 is 0.944 bits per heavy atom. The van der Waals surface area contributed by atoms with E-state index in [0.717, 1.165) is 31.2 Å². The molecule has 1 atom stereocenters. The molecular formula is C16H29NO. The van der Waals surface area contributed by atoms with Crippen molar-refractivity contribution in [3.05, 3.63) is 0 Å². The molecule has 1 heterocycles. The summed E-state index contributed by atoms with van der Waals surface area (Å²) in [7, 11) is 0. The maximum atomic E-state index is 5.58. The average Bonchev–Trinajstić information content (AvgIpc) is 2.76. The van der Waals surface area contributed by atoms with Gasteiger partial charge in [0.1, 0.15) is 0 Å². The lowest BCUT2D eigenvalue weighted by atomic mass is 9.75. The lowest BCUT2D eigenvalue weighted by Crippen LogP contribution is -2.49. The zero-order valence-electron chi connectivity index (χ0n) is 11.9. The summed E-state index contributed by atoms with van der Waals surface area (Å²) in [4.78, 5) is 0. The lowest BCUT2D eigenvalue weighted by Gasteiger charge is -2.42. The maximum Gasteiger partial charge on any atom is 0.0471 e. The van der Waals surface area contributed by atoms with Crippen molar-refractivity contribution < 1.29 is 4.74 Å². The van der Waals surface area contributed by atoms with Crippen LogP contribution in [0.5, 0.6) is 0 Å². The third kappa shape index (κ3) is 2.60. The van der Waals surface area contributed by atoms with Crippen molar-refractivity contribution >= 4 is 0 Å². The molecule has 2 saturated carbocycles. The minimum atomic E-state index is 0.599. The van der Waals surface area contributed by atoms with Gasteiger partial charge in [0.2, 0.25) is 0 Å². The van der Waals surface area contributed by atoms with Crippen LogP contribution in [0.3, 0.4) is 0 Å². The Bertz CT molecular complexity index is 264. The van der Waals surface area contributed by atoms with Crippen molar-refractivity contribution in [3.8, 4) is 0 Å². The SMILES string of the molecule is CC1CCC(NC2CCCC23CCOCC3)CC1. The first kappa shape index (κ1) is 12.9. The van der Waals surface area contributed by atoms with Gasteiger partial charge < -0.3 is 10.1 Å². The lowest BCUT2D eigenvalue weighted by molar-refractivity contribution is 0.00138. The molecule has 0 aromatic heterocycles. The summed E-state index contributed by atoms with van der Waals surface area (Å²) in [6, 6.07) is 1.60. The van der Waals surface area contributed by atoms with E-state index < -0.39 is 0 Å². The highest BCUT2D eigenvalue weighted by molar-refractivity contribution is 4.99. The van der Waals surface area contributed by atoms with E-state index in [1.165, 1.54) is 57.8 Å². The van der Waals surface area contributed by atoms with Crippen molar-refractivity contribution in [2.24, 2.45) is 11.3 Å². The van der Waals surface area contributed by atoms with E-state index >= 15 is 0 Å². The average molecular weight is 251 g/mol. The van der Waals surface area contributed by atoms with E-state index in [4.69, 9.17) is 4.74 Å². The molecule has 0 radical (unpaired) electrons. The van der Waals surface area contributed by atoms with Gasteiger partial charge in [-0.3, -0.25) is 0 Å². The molecule has 1 aliphatic heterocycles. The molecule has 2 nitrogen and oxygen atoms in total. The monoisotopic (exact) mass is 251 g/mol. The van der Waals surface area contributed by atoms with E-state index in [1.807, 2.05) is 0 Å². The minimum Gasteiger partial charge on any atom is -0.381 e. The Morgan fingerprint density at radius 2 is 1.67 bits per heavy atom. The Hall–Kier alpha value is -0.0800. The summed E-state index contributed by atoms with van der Waals surface area (Å²) in [5, 5.41) is 4.04. The van der Waals surface area contributed by atoms with Gasteiger partial charge in [0.05, 0.1) is 0 Å². The quantitative estimate of drug-likeness (QED) is 0.811. The fraction of sp³-hybridized carbons (Fsp3) is 1.00. The first-order valence-corrected chi connectivity index (χ1v) is 8.12. The third-order valence-electron chi connectivity index (χ3n) is 5.85. The molecular weight excluding hydrogens is 222 g/mol. The third-order valence-corrected chi connectivity index (χ3v) is 5.85. The van der Waals surface area contributed by atoms with Crippen molar-refractivity contribution in [1.29, 1.82) is 0 Å². The van der Waals surface area contributed by atoms with Crippen LogP contribution in [0.25, 0.3) is 0 Å². The molecule has 0 bridgehead atoms. The van der Waals surface area contributed by atoms with Crippen LogP contribution in [-0.2, 0) is 4.74 Å². The number of ether oxygens (including phenoxy) is 1. The Kier molecular flexibility index (Phi) is 3.95. The fourth-order valence-corrected chi connectivity index (χ4v) is 4.49. The normalized spacial score (nSPS) is 40.2. The first-order chi connectivity index (χ1) is 8.78. The van der Waals surface area contributed by atoms with Gasteiger partial charge in [0.15, 0.2) is 0 Å². The van der Waals surface area contributed by atoms with Crippen LogP contribution in [0.15, 0.2) is 0 Å². The number of rotatable bonds is 2. The number of hydrogen-bond donors (Lipinski definition) is 1. The van der Waals surface area contributed by atoms with E-state index in [2.05, 4.69) is 12.2 Å². The molecule has 1 saturated heterocycles. The molecule has 3 fully saturated rings. The summed E-state index contributed by atoms with van der Waals surface area (Å²) in [5.74, 6) is 0.962. The number of nitrogens with one attached hydrogen (secondary N) is 1. The summed E-state index contributed by atoms with van der Waals surface area (Å²) in [5.41, 5.74) is 0.599. The summed E-state index contributed by atoms with van der Waals surface area (Å²) in [6.07, 6.45) is 12.6. The maximum absolute atomic E-state index is 5.58. The summed E-state index contributed by atoms with van der Waals surface area (Å²) >= 11 is 0. The topological polar surface area (TPSA) is 21.3 Å². The van der Waals surface area contributed by atoms with Crippen LogP contribution in [0.4, 0.5) is 0 Å². The largest absolute Gasteiger partial charge is 0.381 e. The molecule has 0 amide bonds. The van der Waals surface area contributed by atoms with Gasteiger partial charge >= 0.3 is 0 Å². The van der Waals surface area contributed by atoms with Crippen molar-refractivity contribution in [1.82, 2.24) is 5.32 Å². The van der Waals surface area contributed by atoms with Crippen LogP contribution >= 0.6 is 0 Å². The van der Waals surface area contributed by atoms with Crippen LogP contribution < -0.4 is 5.32 Å². The Labute approximate surface area is 112 Å². The molecule has 18 heavy (non-hydrogen) atoms. The second kappa shape index (κ2) is 5.50. The van der Waals surface area contributed by atoms with Gasteiger partial charge in [-0.1, -0.05) is 13.3 Å². The van der Waals surface area contributed by atoms with Crippen LogP contribution in [0, 0.1) is 11.3 Å². The number of hydrogen-bond acceptors (Lipinski definition) is 2. The first-order valence-electron chi connectivity index (χ1n) is 8.12. The predicted molar refractivity (Wildman–Crippen MR) is 74.7 cm³/mol. The molecule has 1 unspecified atom stereocenters. The zero-order valence-corrected chi connectivity index (χ0v) is 11.9. The standard InChI is InChI=1S/C16H29NO/c1-13-4-6-14(7-5-13)17-15-3-2-8-16(15)9-11-18-12-10-16/h13-15,17H,2-12H2,1H3. The molecule has 3 rings (SSSR count). The molecule has 104 valence electrons. The van der Waals surface area contributed by atoms with Gasteiger partial charge in [0.25, 0.3) is 0 Å². The molecule has 2 aliphatic carbocycles. The second-order valence-corrected chi connectivity index (χ2v) is 7.04. The molecule has 2 heteroatoms. The molecule has 0 aromatic carbocycles. The van der Waals surface area contributed by atoms with Crippen molar-refractivity contribution in [2.45, 2.75) is 76.8 Å². The van der Waals surface area contributed by atoms with E-state index in [1.54, 1.807) is 0 Å². The molecule has 1 N–H and O–H groups in total. The Balaban J connectivity index is 1.57. The van der Waals surface area contributed by atoms with Crippen molar-refractivity contribution in [3.63, 3.8) is 0 Å². The molecule has 0 aromatic rings. The van der Waals surface area contributed by atoms with Crippen LogP contribution in [0.1, 0.15) is 64.7 Å². The van der Waals surface area contributed by atoms with Crippen LogP contribution in [0.2, 0.25) is 0 Å². The fourth-order valence-electron chi connectivity index (χ4n) is 4.49. The highest BCUT2D eigenvalue weighted by Crippen LogP contribution is 2.46. The highest BCUT2D eigenvalue weighted by atomic mass is 16.5. The minimum absolute atomic E-state index is 0.599. The zero-order chi connectivity index (χ0) is 12.4. The second-order valence-electron chi connectivity index (χ2n) is 7.04. The van der Waals surface area contributed by atoms with Gasteiger partial charge in [-0.2, -0.15) is 0 Å². The highest BCUT2D eigenvalue weighted by Gasteiger charge is 2.44. The summed E-state index contributed by atoms with van der Waals surface area (Å²) < 4.78 is 5.58. The van der Waals surface area contributed by atoms with Gasteiger partial charge in [0, 0.05) is 25.3 Å². The van der Waals surface area contributed by atoms with E-state index in [-0.39, 0.29) is 0 Å². The predicted octanol–water partition coefficient (Wildman–Crippen LogP) is 3.50. The molecule has 1 spiro atoms. The summed E-state index contributed by atoms with van der Waals surface area (Å²) in [6.45, 7) is 4.41. The van der Waals surface area contributed by atoms with E-state index in [0.29, 0.717) is 5.41 Å². The van der Waals surface area contributed by atoms with Gasteiger partial charge in [-0.05, 0) is 62.7 Å². The van der Waals surface area contributed by atoms with Gasteiger partial charge in [-0.15, -0.1) is 0 Å². The smallest absolute Gasteiger partial charge is 0.0471 e. The molecule has 3 aliphatic rings. The van der Waals surface area contributed by atoms with Gasteiger partial charge in [-0.25, -0.2) is 0 Å². The van der Waals surface area contributed by atoms with Crippen LogP contribution in [-0.4, -0.2) is 25.3 Å². The van der Waals surface area contributed by atoms with E-state index in [9.17, 15) is 0 Å². The Morgan fingerprint density at radius 3 is 2.39 bits per heavy atom. The van der Waals surface area contributed by atoms with Crippen molar-refractivity contribution in [2.75, 3.05) is 13.2 Å².